The number of nitriles is 1. The lowest BCUT2D eigenvalue weighted by Crippen LogP contribution is -2.15. The molecule has 0 fully saturated rings. The number of sulfonamides is 1. The molecule has 0 aliphatic heterocycles. The van der Waals surface area contributed by atoms with E-state index >= 15 is 0 Å². The molecule has 98 valence electrons. The fourth-order valence-corrected chi connectivity index (χ4v) is 3.61. The van der Waals surface area contributed by atoms with E-state index in [1.807, 2.05) is 6.07 Å². The number of hydrogen-bond acceptors (Lipinski definition) is 5. The highest BCUT2D eigenvalue weighted by Gasteiger charge is 2.20. The van der Waals surface area contributed by atoms with Crippen LogP contribution < -0.4 is 10.5 Å². The molecule has 0 spiro atoms. The standard InChI is InChI=1S/C11H8FN3O2S2/c12-8-1-2-9(14)10(5-8)19(16,17)15-11-7(6-13)3-4-18-11/h1-5,15H,14H2. The van der Waals surface area contributed by atoms with Crippen LogP contribution in [0.5, 0.6) is 0 Å². The lowest BCUT2D eigenvalue weighted by molar-refractivity contribution is 0.596. The topological polar surface area (TPSA) is 96.0 Å². The minimum Gasteiger partial charge on any atom is -0.398 e. The van der Waals surface area contributed by atoms with Crippen LogP contribution in [0.25, 0.3) is 0 Å². The van der Waals surface area contributed by atoms with Gasteiger partial charge < -0.3 is 5.73 Å². The summed E-state index contributed by atoms with van der Waals surface area (Å²) in [6.45, 7) is 0. The molecule has 3 N–H and O–H groups in total. The van der Waals surface area contributed by atoms with Crippen molar-refractivity contribution in [2.24, 2.45) is 0 Å². The van der Waals surface area contributed by atoms with Crippen molar-refractivity contribution in [1.82, 2.24) is 0 Å². The number of anilines is 2. The summed E-state index contributed by atoms with van der Waals surface area (Å²) in [6.07, 6.45) is 0. The highest BCUT2D eigenvalue weighted by molar-refractivity contribution is 7.93. The van der Waals surface area contributed by atoms with Crippen molar-refractivity contribution >= 4 is 32.0 Å². The third-order valence-corrected chi connectivity index (χ3v) is 4.64. The van der Waals surface area contributed by atoms with Gasteiger partial charge in [0, 0.05) is 0 Å². The molecule has 0 bridgehead atoms. The van der Waals surface area contributed by atoms with Crippen molar-refractivity contribution in [3.63, 3.8) is 0 Å². The van der Waals surface area contributed by atoms with Crippen LogP contribution in [-0.4, -0.2) is 8.42 Å². The van der Waals surface area contributed by atoms with Crippen molar-refractivity contribution in [3.05, 3.63) is 41.0 Å². The third-order valence-electron chi connectivity index (χ3n) is 2.28. The van der Waals surface area contributed by atoms with Crippen molar-refractivity contribution in [3.8, 4) is 6.07 Å². The van der Waals surface area contributed by atoms with Crippen molar-refractivity contribution in [1.29, 1.82) is 5.26 Å². The van der Waals surface area contributed by atoms with Crippen LogP contribution in [0.2, 0.25) is 0 Å². The first-order chi connectivity index (χ1) is 8.94. The average molecular weight is 297 g/mol. The van der Waals surface area contributed by atoms with Gasteiger partial charge in [0.1, 0.15) is 21.8 Å². The lowest BCUT2D eigenvalue weighted by Gasteiger charge is -2.09. The molecule has 2 aromatic rings. The van der Waals surface area contributed by atoms with Gasteiger partial charge in [-0.05, 0) is 29.6 Å². The number of benzene rings is 1. The summed E-state index contributed by atoms with van der Waals surface area (Å²) in [6, 6.07) is 6.41. The van der Waals surface area contributed by atoms with Gasteiger partial charge in [0.2, 0.25) is 0 Å². The molecule has 0 radical (unpaired) electrons. The van der Waals surface area contributed by atoms with Gasteiger partial charge in [0.15, 0.2) is 0 Å². The second-order valence-electron chi connectivity index (χ2n) is 3.56. The van der Waals surface area contributed by atoms with E-state index in [1.54, 1.807) is 5.38 Å². The molecule has 0 amide bonds. The fourth-order valence-electron chi connectivity index (χ4n) is 1.39. The summed E-state index contributed by atoms with van der Waals surface area (Å²) in [5.41, 5.74) is 5.66. The Bertz CT molecular complexity index is 762. The lowest BCUT2D eigenvalue weighted by atomic mass is 10.3. The van der Waals surface area contributed by atoms with E-state index in [-0.39, 0.29) is 21.1 Å². The first-order valence-electron chi connectivity index (χ1n) is 4.99. The molecular formula is C11H8FN3O2S2. The first kappa shape index (κ1) is 13.3. The van der Waals surface area contributed by atoms with E-state index in [9.17, 15) is 12.8 Å². The van der Waals surface area contributed by atoms with Crippen LogP contribution in [-0.2, 0) is 10.0 Å². The molecule has 0 unspecified atom stereocenters. The number of nitrogens with zero attached hydrogens (tertiary/aromatic N) is 1. The number of hydrogen-bond donors (Lipinski definition) is 2. The van der Waals surface area contributed by atoms with Gasteiger partial charge in [-0.25, -0.2) is 12.8 Å². The zero-order valence-electron chi connectivity index (χ0n) is 9.42. The Morgan fingerprint density at radius 1 is 1.37 bits per heavy atom. The fraction of sp³-hybridized carbons (Fsp3) is 0. The minimum absolute atomic E-state index is 0.0658. The maximum atomic E-state index is 13.1. The molecule has 1 heterocycles. The molecule has 0 aliphatic rings. The maximum Gasteiger partial charge on any atom is 0.264 e. The zero-order valence-corrected chi connectivity index (χ0v) is 11.1. The van der Waals surface area contributed by atoms with Gasteiger partial charge >= 0.3 is 0 Å². The van der Waals surface area contributed by atoms with Gasteiger partial charge in [-0.15, -0.1) is 11.3 Å². The Hall–Kier alpha value is -2.11. The molecule has 5 nitrogen and oxygen atoms in total. The molecule has 8 heteroatoms. The van der Waals surface area contributed by atoms with Crippen LogP contribution in [0.15, 0.2) is 34.5 Å². The Morgan fingerprint density at radius 2 is 2.11 bits per heavy atom. The minimum atomic E-state index is -4.02. The Kier molecular flexibility index (Phi) is 3.42. The predicted molar refractivity (Wildman–Crippen MR) is 70.7 cm³/mol. The van der Waals surface area contributed by atoms with Crippen LogP contribution in [0, 0.1) is 17.1 Å². The summed E-state index contributed by atoms with van der Waals surface area (Å²) >= 11 is 1.06. The molecular weight excluding hydrogens is 289 g/mol. The van der Waals surface area contributed by atoms with Gasteiger partial charge in [0.25, 0.3) is 10.0 Å². The van der Waals surface area contributed by atoms with Crippen molar-refractivity contribution in [2.75, 3.05) is 10.5 Å². The maximum absolute atomic E-state index is 13.1. The molecule has 0 saturated carbocycles. The van der Waals surface area contributed by atoms with Crippen LogP contribution in [0.1, 0.15) is 5.56 Å². The number of nitrogen functional groups attached to an aromatic ring is 1. The van der Waals surface area contributed by atoms with E-state index in [1.165, 1.54) is 12.1 Å². The van der Waals surface area contributed by atoms with Crippen LogP contribution >= 0.6 is 11.3 Å². The van der Waals surface area contributed by atoms with E-state index in [0.717, 1.165) is 23.5 Å². The second kappa shape index (κ2) is 4.87. The quantitative estimate of drug-likeness (QED) is 0.848. The largest absolute Gasteiger partial charge is 0.398 e. The molecule has 1 aromatic heterocycles. The van der Waals surface area contributed by atoms with Crippen LogP contribution in [0.4, 0.5) is 15.1 Å². The second-order valence-corrected chi connectivity index (χ2v) is 6.13. The molecule has 0 atom stereocenters. The van der Waals surface area contributed by atoms with E-state index in [2.05, 4.69) is 4.72 Å². The SMILES string of the molecule is N#Cc1ccsc1NS(=O)(=O)c1cc(F)ccc1N. The molecule has 2 rings (SSSR count). The molecule has 19 heavy (non-hydrogen) atoms. The Labute approximate surface area is 113 Å². The van der Waals surface area contributed by atoms with E-state index in [4.69, 9.17) is 11.0 Å². The number of rotatable bonds is 3. The Balaban J connectivity index is 2.44. The summed E-state index contributed by atoms with van der Waals surface area (Å²) in [7, 11) is -4.02. The third kappa shape index (κ3) is 2.67. The van der Waals surface area contributed by atoms with Gasteiger partial charge in [-0.2, -0.15) is 5.26 Å². The summed E-state index contributed by atoms with van der Waals surface area (Å²) in [4.78, 5) is -0.357. The van der Waals surface area contributed by atoms with Gasteiger partial charge in [-0.3, -0.25) is 4.72 Å². The highest BCUT2D eigenvalue weighted by Crippen LogP contribution is 2.27. The molecule has 0 aliphatic carbocycles. The number of thiophene rings is 1. The first-order valence-corrected chi connectivity index (χ1v) is 7.36. The normalized spacial score (nSPS) is 10.9. The Morgan fingerprint density at radius 3 is 2.79 bits per heavy atom. The summed E-state index contributed by atoms with van der Waals surface area (Å²) in [5, 5.41) is 10.6. The number of nitrogens with two attached hydrogens (primary N) is 1. The van der Waals surface area contributed by atoms with Crippen molar-refractivity contribution < 1.29 is 12.8 Å². The van der Waals surface area contributed by atoms with E-state index < -0.39 is 15.8 Å². The molecule has 1 aromatic carbocycles. The summed E-state index contributed by atoms with van der Waals surface area (Å²) in [5.74, 6) is -0.707. The van der Waals surface area contributed by atoms with Crippen molar-refractivity contribution in [2.45, 2.75) is 4.90 Å². The van der Waals surface area contributed by atoms with Gasteiger partial charge in [0.05, 0.1) is 11.3 Å². The highest BCUT2D eigenvalue weighted by atomic mass is 32.2. The molecule has 0 saturated heterocycles. The monoisotopic (exact) mass is 297 g/mol. The number of halogens is 1. The zero-order chi connectivity index (χ0) is 14.0. The van der Waals surface area contributed by atoms with Gasteiger partial charge in [-0.1, -0.05) is 0 Å². The van der Waals surface area contributed by atoms with Crippen LogP contribution in [0.3, 0.4) is 0 Å². The predicted octanol–water partition coefficient (Wildman–Crippen LogP) is 2.14. The van der Waals surface area contributed by atoms with E-state index in [0.29, 0.717) is 0 Å². The smallest absolute Gasteiger partial charge is 0.264 e. The summed E-state index contributed by atoms with van der Waals surface area (Å²) < 4.78 is 39.5. The average Bonchev–Trinajstić information content (AvgIpc) is 2.78. The number of nitrogens with one attached hydrogen (secondary N) is 1.